The van der Waals surface area contributed by atoms with Gasteiger partial charge < -0.3 is 9.32 Å². The van der Waals surface area contributed by atoms with Crippen LogP contribution in [0.4, 0.5) is 17.1 Å². The van der Waals surface area contributed by atoms with Crippen LogP contribution in [0, 0.1) is 0 Å². The minimum absolute atomic E-state index is 0.866. The lowest BCUT2D eigenvalue weighted by Crippen LogP contribution is -2.10. The molecule has 0 fully saturated rings. The van der Waals surface area contributed by atoms with Crippen LogP contribution in [-0.4, -0.2) is 4.57 Å². The highest BCUT2D eigenvalue weighted by Gasteiger charge is 2.24. The molecule has 0 bridgehead atoms. The predicted molar refractivity (Wildman–Crippen MR) is 236 cm³/mol. The van der Waals surface area contributed by atoms with Gasteiger partial charge in [0.05, 0.1) is 31.7 Å². The molecule has 0 saturated carbocycles. The number of hydrogen-bond donors (Lipinski definition) is 0. The summed E-state index contributed by atoms with van der Waals surface area (Å²) >= 11 is 3.74. The highest BCUT2D eigenvalue weighted by Crippen LogP contribution is 2.49. The molecular weight excluding hydrogens is 709 g/mol. The number of benzene rings is 8. The lowest BCUT2D eigenvalue weighted by atomic mass is 10.0. The Bertz CT molecular complexity index is 3330. The van der Waals surface area contributed by atoms with Crippen LogP contribution in [0.3, 0.4) is 0 Å². The molecule has 0 aliphatic rings. The van der Waals surface area contributed by atoms with Gasteiger partial charge in [-0.1, -0.05) is 127 Å². The second-order valence-electron chi connectivity index (χ2n) is 14.0. The number of nitrogens with zero attached hydrogens (tertiary/aromatic N) is 2. The molecule has 0 unspecified atom stereocenters. The summed E-state index contributed by atoms with van der Waals surface area (Å²) in [5, 5.41) is 8.63. The van der Waals surface area contributed by atoms with Crippen molar-refractivity contribution in [3.8, 4) is 16.8 Å². The van der Waals surface area contributed by atoms with Gasteiger partial charge in [-0.25, -0.2) is 0 Å². The second kappa shape index (κ2) is 11.9. The zero-order valence-corrected chi connectivity index (χ0v) is 31.1. The van der Waals surface area contributed by atoms with Crippen LogP contribution in [0.5, 0.6) is 0 Å². The minimum atomic E-state index is 0.866. The van der Waals surface area contributed by atoms with Crippen molar-refractivity contribution in [2.75, 3.05) is 4.90 Å². The van der Waals surface area contributed by atoms with Crippen LogP contribution in [0.25, 0.3) is 90.1 Å². The average Bonchev–Trinajstić information content (AvgIpc) is 4.00. The fourth-order valence-corrected chi connectivity index (χ4v) is 11.0. The second-order valence-corrected chi connectivity index (χ2v) is 16.1. The van der Waals surface area contributed by atoms with Crippen LogP contribution in [0.2, 0.25) is 0 Å². The fraction of sp³-hybridized carbons (Fsp3) is 0. The van der Waals surface area contributed by atoms with Crippen molar-refractivity contribution < 1.29 is 4.42 Å². The Morgan fingerprint density at radius 2 is 0.982 bits per heavy atom. The molecule has 0 spiro atoms. The summed E-state index contributed by atoms with van der Waals surface area (Å²) in [7, 11) is 0. The molecule has 12 aromatic rings. The topological polar surface area (TPSA) is 21.3 Å². The Hall–Kier alpha value is -6.66. The van der Waals surface area contributed by atoms with Crippen molar-refractivity contribution in [3.05, 3.63) is 182 Å². The van der Waals surface area contributed by atoms with Gasteiger partial charge in [-0.05, 0) is 60.2 Å². The van der Waals surface area contributed by atoms with Gasteiger partial charge in [0, 0.05) is 58.7 Å². The van der Waals surface area contributed by atoms with E-state index in [-0.39, 0.29) is 0 Å². The van der Waals surface area contributed by atoms with Crippen molar-refractivity contribution in [3.63, 3.8) is 0 Å². The summed E-state index contributed by atoms with van der Waals surface area (Å²) in [4.78, 5) is 2.48. The van der Waals surface area contributed by atoms with Crippen LogP contribution in [-0.2, 0) is 0 Å². The Morgan fingerprint density at radius 3 is 1.65 bits per heavy atom. The summed E-state index contributed by atoms with van der Waals surface area (Å²) in [5.74, 6) is 0. The average molecular weight is 739 g/mol. The van der Waals surface area contributed by atoms with Crippen molar-refractivity contribution in [1.82, 2.24) is 4.57 Å². The molecule has 0 saturated heterocycles. The van der Waals surface area contributed by atoms with Gasteiger partial charge in [0.2, 0.25) is 5.71 Å². The first-order chi connectivity index (χ1) is 27.3. The van der Waals surface area contributed by atoms with Crippen molar-refractivity contribution in [2.45, 2.75) is 0 Å². The first kappa shape index (κ1) is 30.8. The number of fused-ring (bicyclic) bond motifs is 11. The molecule has 0 aliphatic carbocycles. The molecule has 258 valence electrons. The van der Waals surface area contributed by atoms with Crippen molar-refractivity contribution >= 4 is 113 Å². The van der Waals surface area contributed by atoms with E-state index < -0.39 is 0 Å². The van der Waals surface area contributed by atoms with E-state index in [9.17, 15) is 0 Å². The smallest absolute Gasteiger partial charge is 0.213 e. The summed E-state index contributed by atoms with van der Waals surface area (Å²) < 4.78 is 14.1. The molecule has 0 atom stereocenters. The van der Waals surface area contributed by atoms with Gasteiger partial charge in [0.25, 0.3) is 0 Å². The summed E-state index contributed by atoms with van der Waals surface area (Å²) in [6.07, 6.45) is 0. The van der Waals surface area contributed by atoms with Crippen LogP contribution in [0.1, 0.15) is 0 Å². The van der Waals surface area contributed by atoms with Gasteiger partial charge in [0.15, 0.2) is 0 Å². The first-order valence-corrected chi connectivity index (χ1v) is 20.1. The third-order valence-electron chi connectivity index (χ3n) is 11.0. The molecule has 12 rings (SSSR count). The number of furan rings is 1. The van der Waals surface area contributed by atoms with E-state index in [4.69, 9.17) is 4.42 Å². The van der Waals surface area contributed by atoms with E-state index in [1.54, 1.807) is 0 Å². The normalized spacial score (nSPS) is 12.0. The molecule has 0 radical (unpaired) electrons. The van der Waals surface area contributed by atoms with Crippen LogP contribution in [0.15, 0.2) is 186 Å². The highest BCUT2D eigenvalue weighted by atomic mass is 32.1. The molecule has 0 amide bonds. The molecular formula is C50H30N2OS2. The van der Waals surface area contributed by atoms with E-state index in [2.05, 4.69) is 185 Å². The fourth-order valence-electron chi connectivity index (χ4n) is 8.61. The van der Waals surface area contributed by atoms with Gasteiger partial charge in [-0.15, -0.1) is 22.7 Å². The number of rotatable bonds is 5. The predicted octanol–water partition coefficient (Wildman–Crippen LogP) is 15.4. The molecule has 4 heterocycles. The van der Waals surface area contributed by atoms with Gasteiger partial charge in [-0.2, -0.15) is 0 Å². The van der Waals surface area contributed by atoms with Crippen molar-refractivity contribution in [1.29, 1.82) is 0 Å². The number of anilines is 3. The number of aromatic nitrogens is 1. The molecule has 3 nitrogen and oxygen atoms in total. The minimum Gasteiger partial charge on any atom is -0.439 e. The van der Waals surface area contributed by atoms with Gasteiger partial charge in [-0.3, -0.25) is 4.57 Å². The molecule has 0 N–H and O–H groups in total. The molecule has 5 heteroatoms. The number of hydrogen-bond acceptors (Lipinski definition) is 4. The lowest BCUT2D eigenvalue weighted by molar-refractivity contribution is 0.645. The zero-order valence-electron chi connectivity index (χ0n) is 29.4. The molecule has 0 aliphatic heterocycles. The zero-order chi connectivity index (χ0) is 36.0. The third-order valence-corrected chi connectivity index (χ3v) is 13.4. The highest BCUT2D eigenvalue weighted by molar-refractivity contribution is 7.27. The SMILES string of the molecule is c1ccc(-n2c3oc4ccccc4c3c3cccc(-c4ccc(N(c5cccc6c5sc5ccccc56)c5cccc6c5sc5ccccc56)cc4)c32)cc1. The molecule has 4 aromatic heterocycles. The van der Waals surface area contributed by atoms with E-state index in [1.807, 2.05) is 28.7 Å². The quantitative estimate of drug-likeness (QED) is 0.175. The lowest BCUT2D eigenvalue weighted by Gasteiger charge is -2.27. The Labute approximate surface area is 324 Å². The standard InChI is InChI=1S/C50H30N2OS2/c1-2-13-32(14-3-1)52-47-34(18-10-21-40(47)46-39-17-4-7-24-43(39)53-50(46)52)31-27-29-33(30-28-31)51(41-22-11-19-37-35-15-5-8-25-44(35)54-48(37)41)42-23-12-20-38-36-16-6-9-26-45(36)55-49(38)42/h1-30H. The maximum atomic E-state index is 6.63. The van der Waals surface area contributed by atoms with Gasteiger partial charge >= 0.3 is 0 Å². The van der Waals surface area contributed by atoms with E-state index in [0.29, 0.717) is 0 Å². The summed E-state index contributed by atoms with van der Waals surface area (Å²) in [5.41, 5.74) is 9.77. The van der Waals surface area contributed by atoms with E-state index >= 15 is 0 Å². The third kappa shape index (κ3) is 4.54. The Morgan fingerprint density at radius 1 is 0.436 bits per heavy atom. The number of para-hydroxylation sites is 3. The van der Waals surface area contributed by atoms with E-state index in [0.717, 1.165) is 50.1 Å². The van der Waals surface area contributed by atoms with Gasteiger partial charge in [0.1, 0.15) is 5.58 Å². The number of thiophene rings is 2. The molecule has 55 heavy (non-hydrogen) atoms. The summed E-state index contributed by atoms with van der Waals surface area (Å²) in [6, 6.07) is 65.8. The summed E-state index contributed by atoms with van der Waals surface area (Å²) in [6.45, 7) is 0. The van der Waals surface area contributed by atoms with Crippen LogP contribution >= 0.6 is 22.7 Å². The first-order valence-electron chi connectivity index (χ1n) is 18.5. The maximum absolute atomic E-state index is 6.63. The largest absolute Gasteiger partial charge is 0.439 e. The Kier molecular flexibility index (Phi) is 6.67. The Balaban J connectivity index is 1.09. The molecule has 8 aromatic carbocycles. The maximum Gasteiger partial charge on any atom is 0.213 e. The van der Waals surface area contributed by atoms with Crippen molar-refractivity contribution in [2.24, 2.45) is 0 Å². The van der Waals surface area contributed by atoms with Crippen LogP contribution < -0.4 is 4.90 Å². The van der Waals surface area contributed by atoms with E-state index in [1.165, 1.54) is 57.1 Å². The monoisotopic (exact) mass is 738 g/mol.